The fourth-order valence-electron chi connectivity index (χ4n) is 1.98. The molecule has 2 nitrogen and oxygen atoms in total. The van der Waals surface area contributed by atoms with Crippen LogP contribution in [0.4, 0.5) is 0 Å². The minimum Gasteiger partial charge on any atom is -0.379 e. The summed E-state index contributed by atoms with van der Waals surface area (Å²) in [5.74, 6) is 0. The van der Waals surface area contributed by atoms with Crippen LogP contribution in [0.3, 0.4) is 0 Å². The first-order chi connectivity index (χ1) is 9.75. The third kappa shape index (κ3) is 5.08. The van der Waals surface area contributed by atoms with Crippen molar-refractivity contribution in [3.63, 3.8) is 0 Å². The van der Waals surface area contributed by atoms with Crippen LogP contribution in [-0.2, 0) is 11.3 Å². The number of benzene rings is 1. The molecule has 0 unspecified atom stereocenters. The Morgan fingerprint density at radius 2 is 1.95 bits per heavy atom. The van der Waals surface area contributed by atoms with E-state index < -0.39 is 0 Å². The molecule has 3 heteroatoms. The van der Waals surface area contributed by atoms with E-state index in [0.29, 0.717) is 6.10 Å². The van der Waals surface area contributed by atoms with E-state index in [0.717, 1.165) is 26.1 Å². The second-order valence-corrected chi connectivity index (χ2v) is 6.11. The average molecular weight is 289 g/mol. The molecule has 20 heavy (non-hydrogen) atoms. The highest BCUT2D eigenvalue weighted by Gasteiger charge is 2.01. The molecule has 2 aromatic rings. The summed E-state index contributed by atoms with van der Waals surface area (Å²) in [7, 11) is 0. The van der Waals surface area contributed by atoms with Crippen molar-refractivity contribution in [1.29, 1.82) is 0 Å². The highest BCUT2D eigenvalue weighted by Crippen LogP contribution is 2.25. The molecule has 1 aromatic heterocycles. The summed E-state index contributed by atoms with van der Waals surface area (Å²) in [4.78, 5) is 1.38. The first-order valence-electron chi connectivity index (χ1n) is 7.21. The van der Waals surface area contributed by atoms with Crippen LogP contribution in [-0.4, -0.2) is 19.3 Å². The zero-order chi connectivity index (χ0) is 14.2. The van der Waals surface area contributed by atoms with Gasteiger partial charge in [-0.05, 0) is 49.4 Å². The third-order valence-corrected chi connectivity index (χ3v) is 3.95. The summed E-state index contributed by atoms with van der Waals surface area (Å²) in [5, 5.41) is 5.70. The molecular weight excluding hydrogens is 266 g/mol. The fraction of sp³-hybridized carbons (Fsp3) is 0.412. The van der Waals surface area contributed by atoms with Gasteiger partial charge in [-0.15, -0.1) is 11.3 Å². The number of rotatable bonds is 8. The first kappa shape index (κ1) is 15.2. The largest absolute Gasteiger partial charge is 0.379 e. The number of hydrogen-bond acceptors (Lipinski definition) is 3. The van der Waals surface area contributed by atoms with Crippen LogP contribution < -0.4 is 5.32 Å². The Morgan fingerprint density at radius 1 is 1.15 bits per heavy atom. The molecule has 0 amide bonds. The first-order valence-corrected chi connectivity index (χ1v) is 8.09. The standard InChI is InChI=1S/C17H23NOS/c1-14(2)19-10-6-9-18-12-17-11-16(13-20-17)15-7-4-3-5-8-15/h3-5,7-8,11,13-14,18H,6,9-10,12H2,1-2H3. The fourth-order valence-corrected chi connectivity index (χ4v) is 2.85. The van der Waals surface area contributed by atoms with E-state index in [1.807, 2.05) is 11.3 Å². The summed E-state index contributed by atoms with van der Waals surface area (Å²) in [6.07, 6.45) is 1.40. The minimum absolute atomic E-state index is 0.334. The molecule has 2 rings (SSSR count). The molecule has 0 fully saturated rings. The molecule has 1 aromatic carbocycles. The Hall–Kier alpha value is -1.16. The maximum Gasteiger partial charge on any atom is 0.0518 e. The predicted octanol–water partition coefficient (Wildman–Crippen LogP) is 4.32. The molecule has 0 aliphatic carbocycles. The number of hydrogen-bond donors (Lipinski definition) is 1. The molecule has 0 saturated heterocycles. The maximum absolute atomic E-state index is 5.52. The van der Waals surface area contributed by atoms with E-state index in [9.17, 15) is 0 Å². The molecule has 0 radical (unpaired) electrons. The van der Waals surface area contributed by atoms with Gasteiger partial charge in [0.05, 0.1) is 6.10 Å². The molecule has 0 saturated carbocycles. The Kier molecular flexibility index (Phi) is 6.25. The molecule has 0 spiro atoms. The van der Waals surface area contributed by atoms with Crippen LogP contribution in [0.1, 0.15) is 25.1 Å². The molecule has 0 aliphatic rings. The monoisotopic (exact) mass is 289 g/mol. The summed E-state index contributed by atoms with van der Waals surface area (Å²) in [5.41, 5.74) is 2.61. The van der Waals surface area contributed by atoms with Crippen LogP contribution in [0.2, 0.25) is 0 Å². The van der Waals surface area contributed by atoms with Gasteiger partial charge in [-0.25, -0.2) is 0 Å². The lowest BCUT2D eigenvalue weighted by Crippen LogP contribution is -2.16. The smallest absolute Gasteiger partial charge is 0.0518 e. The summed E-state index contributed by atoms with van der Waals surface area (Å²) in [6.45, 7) is 6.93. The normalized spacial score (nSPS) is 11.2. The Bertz CT molecular complexity index is 493. The van der Waals surface area contributed by atoms with Gasteiger partial charge in [-0.1, -0.05) is 30.3 Å². The summed E-state index contributed by atoms with van der Waals surface area (Å²) in [6, 6.07) is 12.8. The molecule has 108 valence electrons. The highest BCUT2D eigenvalue weighted by atomic mass is 32.1. The second-order valence-electron chi connectivity index (χ2n) is 5.12. The van der Waals surface area contributed by atoms with Gasteiger partial charge in [0.1, 0.15) is 0 Å². The lowest BCUT2D eigenvalue weighted by molar-refractivity contribution is 0.0770. The number of ether oxygens (including phenoxy) is 1. The van der Waals surface area contributed by atoms with E-state index in [4.69, 9.17) is 4.74 Å². The SMILES string of the molecule is CC(C)OCCCNCc1cc(-c2ccccc2)cs1. The van der Waals surface area contributed by atoms with Crippen molar-refractivity contribution >= 4 is 11.3 Å². The van der Waals surface area contributed by atoms with Gasteiger partial charge < -0.3 is 10.1 Å². The molecular formula is C17H23NOS. The van der Waals surface area contributed by atoms with Gasteiger partial charge in [0.25, 0.3) is 0 Å². The van der Waals surface area contributed by atoms with Gasteiger partial charge in [0, 0.05) is 18.0 Å². The van der Waals surface area contributed by atoms with Gasteiger partial charge in [-0.2, -0.15) is 0 Å². The van der Waals surface area contributed by atoms with Crippen molar-refractivity contribution in [3.8, 4) is 11.1 Å². The van der Waals surface area contributed by atoms with Crippen LogP contribution >= 0.6 is 11.3 Å². The lowest BCUT2D eigenvalue weighted by Gasteiger charge is -2.07. The van der Waals surface area contributed by atoms with Crippen LogP contribution in [0.5, 0.6) is 0 Å². The van der Waals surface area contributed by atoms with Crippen molar-refractivity contribution < 1.29 is 4.74 Å². The van der Waals surface area contributed by atoms with Crippen LogP contribution in [0.25, 0.3) is 11.1 Å². The Labute approximate surface area is 125 Å². The zero-order valence-corrected chi connectivity index (χ0v) is 13.1. The Balaban J connectivity index is 1.71. The predicted molar refractivity (Wildman–Crippen MR) is 87.2 cm³/mol. The lowest BCUT2D eigenvalue weighted by atomic mass is 10.1. The summed E-state index contributed by atoms with van der Waals surface area (Å²) < 4.78 is 5.52. The van der Waals surface area contributed by atoms with Gasteiger partial charge >= 0.3 is 0 Å². The van der Waals surface area contributed by atoms with Gasteiger partial charge in [-0.3, -0.25) is 0 Å². The van der Waals surface area contributed by atoms with E-state index in [2.05, 4.69) is 60.9 Å². The van der Waals surface area contributed by atoms with E-state index in [1.165, 1.54) is 16.0 Å². The second kappa shape index (κ2) is 8.20. The van der Waals surface area contributed by atoms with Crippen molar-refractivity contribution in [2.75, 3.05) is 13.2 Å². The van der Waals surface area contributed by atoms with Crippen molar-refractivity contribution in [1.82, 2.24) is 5.32 Å². The minimum atomic E-state index is 0.334. The molecule has 0 atom stereocenters. The molecule has 1 N–H and O–H groups in total. The van der Waals surface area contributed by atoms with Crippen molar-refractivity contribution in [2.45, 2.75) is 32.9 Å². The molecule has 1 heterocycles. The van der Waals surface area contributed by atoms with Crippen molar-refractivity contribution in [3.05, 3.63) is 46.7 Å². The van der Waals surface area contributed by atoms with Gasteiger partial charge in [0.15, 0.2) is 0 Å². The van der Waals surface area contributed by atoms with Crippen LogP contribution in [0.15, 0.2) is 41.8 Å². The van der Waals surface area contributed by atoms with Crippen LogP contribution in [0, 0.1) is 0 Å². The van der Waals surface area contributed by atoms with E-state index >= 15 is 0 Å². The quantitative estimate of drug-likeness (QED) is 0.731. The highest BCUT2D eigenvalue weighted by molar-refractivity contribution is 7.10. The number of thiophene rings is 1. The molecule has 0 bridgehead atoms. The third-order valence-electron chi connectivity index (χ3n) is 3.01. The topological polar surface area (TPSA) is 21.3 Å². The van der Waals surface area contributed by atoms with E-state index in [1.54, 1.807) is 0 Å². The summed E-state index contributed by atoms with van der Waals surface area (Å²) >= 11 is 1.82. The average Bonchev–Trinajstić information content (AvgIpc) is 2.92. The molecule has 0 aliphatic heterocycles. The van der Waals surface area contributed by atoms with Crippen molar-refractivity contribution in [2.24, 2.45) is 0 Å². The van der Waals surface area contributed by atoms with Gasteiger partial charge in [0.2, 0.25) is 0 Å². The zero-order valence-electron chi connectivity index (χ0n) is 12.3. The number of nitrogens with one attached hydrogen (secondary N) is 1. The Morgan fingerprint density at radius 3 is 2.70 bits per heavy atom. The van der Waals surface area contributed by atoms with E-state index in [-0.39, 0.29) is 0 Å². The maximum atomic E-state index is 5.52.